The number of amides is 4. The summed E-state index contributed by atoms with van der Waals surface area (Å²) in [7, 11) is 0. The Labute approximate surface area is 193 Å². The lowest BCUT2D eigenvalue weighted by Gasteiger charge is -2.29. The third kappa shape index (κ3) is 4.08. The molecule has 32 heavy (non-hydrogen) atoms. The molecule has 0 radical (unpaired) electrons. The molecule has 0 aromatic heterocycles. The Morgan fingerprint density at radius 2 is 2.06 bits per heavy atom. The first kappa shape index (κ1) is 16.3. The third-order valence-electron chi connectivity index (χ3n) is 4.95. The van der Waals surface area contributed by atoms with Gasteiger partial charge in [-0.1, -0.05) is 35.9 Å². The molecule has 2 aromatic carbocycles. The van der Waals surface area contributed by atoms with Crippen molar-refractivity contribution >= 4 is 35.2 Å². The summed E-state index contributed by atoms with van der Waals surface area (Å²) in [5.74, 6) is -9.28. The van der Waals surface area contributed by atoms with Crippen molar-refractivity contribution < 1.29 is 34.9 Å². The van der Waals surface area contributed by atoms with Gasteiger partial charge in [-0.05, 0) is 35.7 Å². The zero-order valence-corrected chi connectivity index (χ0v) is 17.0. The molecule has 2 heterocycles. The number of hydrogen-bond acceptors (Lipinski definition) is 4. The first-order valence-corrected chi connectivity index (χ1v) is 9.71. The van der Waals surface area contributed by atoms with Crippen LogP contribution in [-0.2, 0) is 33.4 Å². The summed E-state index contributed by atoms with van der Waals surface area (Å²) in [6.07, 6.45) is -2.29. The number of piperidine rings is 1. The number of carbonyl (C=O) groups excluding carboxylic acids is 4. The van der Waals surface area contributed by atoms with Crippen LogP contribution >= 0.6 is 11.6 Å². The van der Waals surface area contributed by atoms with Gasteiger partial charge in [-0.25, -0.2) is 0 Å². The van der Waals surface area contributed by atoms with Crippen LogP contribution in [0.4, 0.5) is 8.78 Å². The molecule has 3 atom stereocenters. The number of benzene rings is 2. The third-order valence-corrected chi connectivity index (χ3v) is 5.20. The first-order valence-electron chi connectivity index (χ1n) is 11.9. The molecular weight excluding hydrogens is 444 g/mol. The molecule has 2 unspecified atom stereocenters. The van der Waals surface area contributed by atoms with Crippen molar-refractivity contribution in [2.75, 3.05) is 0 Å². The Morgan fingerprint density at radius 1 is 1.34 bits per heavy atom. The van der Waals surface area contributed by atoms with E-state index >= 15 is 0 Å². The molecule has 166 valence electrons. The number of rotatable bonds is 5. The predicted molar refractivity (Wildman–Crippen MR) is 110 cm³/mol. The van der Waals surface area contributed by atoms with E-state index < -0.39 is 67.0 Å². The summed E-state index contributed by atoms with van der Waals surface area (Å²) in [5, 5.41) is -0.0902. The van der Waals surface area contributed by atoms with Crippen molar-refractivity contribution in [2.45, 2.75) is 37.8 Å². The molecule has 10 heteroatoms. The summed E-state index contributed by atoms with van der Waals surface area (Å²) in [6.45, 7) is -2.33. The highest BCUT2D eigenvalue weighted by atomic mass is 35.5. The van der Waals surface area contributed by atoms with Crippen molar-refractivity contribution in [3.05, 3.63) is 69.7 Å². The van der Waals surface area contributed by atoms with Crippen LogP contribution in [0.1, 0.15) is 44.0 Å². The number of carbonyl (C=O) groups is 4. The minimum atomic E-state index is -4.13. The highest BCUT2D eigenvalue weighted by Crippen LogP contribution is 2.30. The fourth-order valence-corrected chi connectivity index (χ4v) is 3.45. The lowest BCUT2D eigenvalue weighted by molar-refractivity contribution is -0.147. The van der Waals surface area contributed by atoms with Gasteiger partial charge in [0, 0.05) is 37.0 Å². The second kappa shape index (κ2) is 8.31. The van der Waals surface area contributed by atoms with E-state index in [2.05, 4.69) is 0 Å². The second-order valence-electron chi connectivity index (χ2n) is 7.06. The van der Waals surface area contributed by atoms with E-state index in [1.165, 1.54) is 18.2 Å². The minimum Gasteiger partial charge on any atom is -0.346 e. The van der Waals surface area contributed by atoms with Gasteiger partial charge < -0.3 is 10.2 Å². The van der Waals surface area contributed by atoms with Crippen LogP contribution in [0, 0.1) is 0 Å². The van der Waals surface area contributed by atoms with Gasteiger partial charge in [0.05, 0.1) is 2.74 Å². The lowest BCUT2D eigenvalue weighted by Crippen LogP contribution is -2.52. The van der Waals surface area contributed by atoms with Crippen LogP contribution in [0.25, 0.3) is 0 Å². The van der Waals surface area contributed by atoms with E-state index in [0.717, 1.165) is 29.2 Å². The van der Waals surface area contributed by atoms with Gasteiger partial charge in [-0.3, -0.25) is 24.5 Å². The van der Waals surface area contributed by atoms with Gasteiger partial charge in [0.15, 0.2) is 2.82 Å². The maximum atomic E-state index is 14.7. The van der Waals surface area contributed by atoms with Crippen LogP contribution in [-0.4, -0.2) is 34.5 Å². The van der Waals surface area contributed by atoms with Crippen molar-refractivity contribution in [3.63, 3.8) is 0 Å². The Morgan fingerprint density at radius 3 is 2.78 bits per heavy atom. The molecule has 0 saturated carbocycles. The average Bonchev–Trinajstić information content (AvgIpc) is 3.21. The van der Waals surface area contributed by atoms with E-state index in [1.54, 1.807) is 0 Å². The number of nitrogens with zero attached hydrogens (tertiary/aromatic N) is 1. The van der Waals surface area contributed by atoms with Crippen molar-refractivity contribution in [2.24, 2.45) is 0 Å². The highest BCUT2D eigenvalue weighted by molar-refractivity contribution is 6.30. The Hall–Kier alpha value is -3.33. The van der Waals surface area contributed by atoms with Gasteiger partial charge in [0.25, 0.3) is 11.8 Å². The highest BCUT2D eigenvalue weighted by Gasteiger charge is 2.41. The molecule has 0 aliphatic carbocycles. The average molecular weight is 467 g/mol. The van der Waals surface area contributed by atoms with Crippen LogP contribution < -0.4 is 10.6 Å². The smallest absolute Gasteiger partial charge is 0.346 e. The van der Waals surface area contributed by atoms with Gasteiger partial charge >= 0.3 is 5.92 Å². The normalized spacial score (nSPS) is 26.5. The van der Waals surface area contributed by atoms with Crippen molar-refractivity contribution in [3.8, 4) is 0 Å². The topological polar surface area (TPSA) is 95.6 Å². The summed E-state index contributed by atoms with van der Waals surface area (Å²) in [5.41, 5.74) is -0.667. The standard InChI is InChI=1S/C22H18ClF2N3O4/c23-15-4-2-14(3-5-15)22(24,25)21(32)26-10-12-1-6-16-13(9-12)11-28(20(16)31)17-7-8-18(29)27-19(17)30/h1-6,9,17H,7-8,10-11H2,(H,26,32)(H,27,29,30)/t17-/m1/s1/i7D,10D,17D/hD2/t7?,10?,17-. The Kier molecular flexibility index (Phi) is 4.24. The number of fused-ring (bicyclic) bond motifs is 1. The Bertz CT molecular complexity index is 1320. The van der Waals surface area contributed by atoms with Gasteiger partial charge in [0.2, 0.25) is 11.8 Å². The van der Waals surface area contributed by atoms with Crippen LogP contribution in [0.15, 0.2) is 42.5 Å². The van der Waals surface area contributed by atoms with Gasteiger partial charge in [-0.2, -0.15) is 8.78 Å². The zero-order valence-electron chi connectivity index (χ0n) is 21.2. The molecule has 4 rings (SSSR count). The lowest BCUT2D eigenvalue weighted by atomic mass is 10.0. The molecule has 2 N–H and O–H groups in total. The Balaban J connectivity index is 1.58. The molecule has 4 amide bonds. The van der Waals surface area contributed by atoms with Crippen LogP contribution in [0.3, 0.4) is 0 Å². The minimum absolute atomic E-state index is 0.00893. The van der Waals surface area contributed by atoms with E-state index in [0.29, 0.717) is 0 Å². The molecule has 0 bridgehead atoms. The summed E-state index contributed by atoms with van der Waals surface area (Å²) < 4.78 is 69.7. The summed E-state index contributed by atoms with van der Waals surface area (Å²) in [4.78, 5) is 50.4. The molecule has 2 aliphatic rings. The SMILES string of the molecule is [2H]C(c1ccc2c(c1)CN([C@@]1([2H])C(=O)N([2H])C(=O)CC1[2H])C2=O)N([2H])C(=O)C(F)(F)c1ccc(Cl)cc1. The monoisotopic (exact) mass is 466 g/mol. The van der Waals surface area contributed by atoms with Crippen molar-refractivity contribution in [1.29, 1.82) is 0 Å². The molecule has 1 fully saturated rings. The fraction of sp³-hybridized carbons (Fsp3) is 0.273. The number of imide groups is 1. The molecular formula is C22H18ClF2N3O4. The van der Waals surface area contributed by atoms with Crippen LogP contribution in [0.5, 0.6) is 0 Å². The van der Waals surface area contributed by atoms with Gasteiger partial charge in [0.1, 0.15) is 6.02 Å². The number of hydrogen-bond donors (Lipinski definition) is 2. The summed E-state index contributed by atoms with van der Waals surface area (Å²) in [6, 6.07) is 5.18. The zero-order chi connectivity index (χ0) is 27.4. The van der Waals surface area contributed by atoms with E-state index in [9.17, 15) is 28.0 Å². The quantitative estimate of drug-likeness (QED) is 0.662. The van der Waals surface area contributed by atoms with E-state index in [4.69, 9.17) is 18.5 Å². The van der Waals surface area contributed by atoms with Crippen LogP contribution in [0.2, 0.25) is 7.85 Å². The van der Waals surface area contributed by atoms with E-state index in [1.807, 2.05) is 0 Å². The number of halogens is 3. The molecule has 7 nitrogen and oxygen atoms in total. The van der Waals surface area contributed by atoms with Crippen molar-refractivity contribution in [1.82, 2.24) is 15.5 Å². The fourth-order valence-electron chi connectivity index (χ4n) is 3.33. The molecule has 1 saturated heterocycles. The number of nitrogens with one attached hydrogen (secondary N) is 2. The number of alkyl halides is 2. The maximum absolute atomic E-state index is 14.7. The first-order chi connectivity index (χ1) is 17.2. The maximum Gasteiger partial charge on any atom is 0.349 e. The second-order valence-corrected chi connectivity index (χ2v) is 7.49. The van der Waals surface area contributed by atoms with Gasteiger partial charge in [-0.15, -0.1) is 0 Å². The largest absolute Gasteiger partial charge is 0.349 e. The molecule has 0 spiro atoms. The molecule has 2 aliphatic heterocycles. The van der Waals surface area contributed by atoms with E-state index in [-0.39, 0.29) is 32.3 Å². The molecule has 2 aromatic rings. The predicted octanol–water partition coefficient (Wildman–Crippen LogP) is 2.51. The summed E-state index contributed by atoms with van der Waals surface area (Å²) >= 11 is 5.69.